The number of amides is 3. The lowest BCUT2D eigenvalue weighted by Crippen LogP contribution is -2.50. The van der Waals surface area contributed by atoms with Crippen LogP contribution in [0.2, 0.25) is 0 Å². The van der Waals surface area contributed by atoms with Crippen LogP contribution in [0.3, 0.4) is 0 Å². The molecule has 0 aromatic carbocycles. The van der Waals surface area contributed by atoms with Crippen molar-refractivity contribution in [1.29, 1.82) is 0 Å². The number of hydrogen-bond donors (Lipinski definition) is 3. The van der Waals surface area contributed by atoms with Gasteiger partial charge in [0.1, 0.15) is 16.7 Å². The molecule has 0 spiro atoms. The number of hydrogen-bond acceptors (Lipinski definition) is 7. The molecule has 1 aliphatic rings. The smallest absolute Gasteiger partial charge is 0.270 e. The van der Waals surface area contributed by atoms with Crippen LogP contribution in [0.5, 0.6) is 0 Å². The van der Waals surface area contributed by atoms with E-state index in [2.05, 4.69) is 9.69 Å². The lowest BCUT2D eigenvalue weighted by Gasteiger charge is -2.30. The molecule has 1 atom stereocenters. The Balaban J connectivity index is 1.89. The van der Waals surface area contributed by atoms with Crippen LogP contribution in [0.1, 0.15) is 64.9 Å². The highest BCUT2D eigenvalue weighted by Crippen LogP contribution is 2.26. The first-order valence-corrected chi connectivity index (χ1v) is 10.4. The largest absolute Gasteiger partial charge is 0.467 e. The molecule has 29 heavy (non-hydrogen) atoms. The summed E-state index contributed by atoms with van der Waals surface area (Å²) in [4.78, 5) is 39.2. The molecule has 0 aliphatic heterocycles. The number of furan rings is 1. The van der Waals surface area contributed by atoms with Gasteiger partial charge in [-0.2, -0.15) is 4.37 Å². The number of carbonyl (C=O) groups excluding carboxylic acids is 3. The SMILES string of the molecule is CC[C@H](C(=O)NC1CCCC1)N(Cc1ccco1)C(=O)c1snc(C(N)=O)c1N. The van der Waals surface area contributed by atoms with E-state index in [1.807, 2.05) is 6.92 Å². The molecular weight excluding hydrogens is 394 g/mol. The van der Waals surface area contributed by atoms with E-state index < -0.39 is 17.9 Å². The van der Waals surface area contributed by atoms with Crippen molar-refractivity contribution in [3.8, 4) is 0 Å². The van der Waals surface area contributed by atoms with Crippen LogP contribution in [0.15, 0.2) is 22.8 Å². The topological polar surface area (TPSA) is 145 Å². The maximum atomic E-state index is 13.3. The molecule has 0 bridgehead atoms. The summed E-state index contributed by atoms with van der Waals surface area (Å²) >= 11 is 0.797. The number of rotatable bonds is 8. The van der Waals surface area contributed by atoms with Crippen molar-refractivity contribution < 1.29 is 18.8 Å². The second kappa shape index (κ2) is 9.08. The Kier molecular flexibility index (Phi) is 6.53. The van der Waals surface area contributed by atoms with Crippen molar-refractivity contribution in [2.24, 2.45) is 5.73 Å². The van der Waals surface area contributed by atoms with E-state index >= 15 is 0 Å². The summed E-state index contributed by atoms with van der Waals surface area (Å²) in [7, 11) is 0. The lowest BCUT2D eigenvalue weighted by atomic mass is 10.1. The third-order valence-electron chi connectivity index (χ3n) is 5.09. The van der Waals surface area contributed by atoms with Gasteiger partial charge in [0.05, 0.1) is 18.5 Å². The Hall–Kier alpha value is -2.88. The molecule has 1 saturated carbocycles. The van der Waals surface area contributed by atoms with Gasteiger partial charge in [-0.3, -0.25) is 14.4 Å². The lowest BCUT2D eigenvalue weighted by molar-refractivity contribution is -0.126. The third kappa shape index (κ3) is 4.58. The fourth-order valence-corrected chi connectivity index (χ4v) is 4.33. The fourth-order valence-electron chi connectivity index (χ4n) is 3.57. The van der Waals surface area contributed by atoms with Crippen molar-refractivity contribution in [1.82, 2.24) is 14.6 Å². The zero-order chi connectivity index (χ0) is 21.0. The minimum atomic E-state index is -0.804. The highest BCUT2D eigenvalue weighted by molar-refractivity contribution is 7.09. The molecular formula is C19H25N5O4S. The molecule has 0 saturated heterocycles. The van der Waals surface area contributed by atoms with E-state index in [1.165, 1.54) is 11.2 Å². The zero-order valence-electron chi connectivity index (χ0n) is 16.2. The van der Waals surface area contributed by atoms with Gasteiger partial charge in [0, 0.05) is 6.04 Å². The van der Waals surface area contributed by atoms with Gasteiger partial charge in [-0.15, -0.1) is 0 Å². The number of anilines is 1. The maximum Gasteiger partial charge on any atom is 0.270 e. The number of carbonyl (C=O) groups is 3. The quantitative estimate of drug-likeness (QED) is 0.596. The monoisotopic (exact) mass is 419 g/mol. The summed E-state index contributed by atoms with van der Waals surface area (Å²) in [6.07, 6.45) is 5.97. The minimum absolute atomic E-state index is 0.0667. The summed E-state index contributed by atoms with van der Waals surface area (Å²) in [6, 6.07) is 2.86. The summed E-state index contributed by atoms with van der Waals surface area (Å²) in [5.74, 6) is -0.972. The van der Waals surface area contributed by atoms with Crippen molar-refractivity contribution in [2.45, 2.75) is 57.7 Å². The van der Waals surface area contributed by atoms with Gasteiger partial charge in [0.15, 0.2) is 5.69 Å². The molecule has 156 valence electrons. The van der Waals surface area contributed by atoms with Crippen LogP contribution in [0.4, 0.5) is 5.69 Å². The second-order valence-electron chi connectivity index (χ2n) is 7.06. The van der Waals surface area contributed by atoms with Crippen LogP contribution < -0.4 is 16.8 Å². The number of nitrogens with one attached hydrogen (secondary N) is 1. The van der Waals surface area contributed by atoms with E-state index in [0.29, 0.717) is 12.2 Å². The first-order chi connectivity index (χ1) is 13.9. The van der Waals surface area contributed by atoms with E-state index in [-0.39, 0.29) is 34.8 Å². The van der Waals surface area contributed by atoms with Crippen molar-refractivity contribution in [3.63, 3.8) is 0 Å². The highest BCUT2D eigenvalue weighted by atomic mass is 32.1. The van der Waals surface area contributed by atoms with E-state index in [4.69, 9.17) is 15.9 Å². The summed E-state index contributed by atoms with van der Waals surface area (Å²) < 4.78 is 9.29. The Morgan fingerprint density at radius 3 is 2.66 bits per heavy atom. The van der Waals surface area contributed by atoms with E-state index in [1.54, 1.807) is 12.1 Å². The molecule has 1 aliphatic carbocycles. The van der Waals surface area contributed by atoms with Gasteiger partial charge in [-0.05, 0) is 42.9 Å². The molecule has 5 N–H and O–H groups in total. The molecule has 0 radical (unpaired) electrons. The van der Waals surface area contributed by atoms with Crippen molar-refractivity contribution in [3.05, 3.63) is 34.7 Å². The minimum Gasteiger partial charge on any atom is -0.467 e. The predicted octanol–water partition coefficient (Wildman–Crippen LogP) is 1.90. The zero-order valence-corrected chi connectivity index (χ0v) is 17.0. The number of primary amides is 1. The number of aromatic nitrogens is 1. The average Bonchev–Trinajstić information content (AvgIpc) is 3.43. The summed E-state index contributed by atoms with van der Waals surface area (Å²) in [5, 5.41) is 3.05. The van der Waals surface area contributed by atoms with Crippen LogP contribution in [0.25, 0.3) is 0 Å². The molecule has 3 rings (SSSR count). The number of nitrogens with zero attached hydrogens (tertiary/aromatic N) is 2. The second-order valence-corrected chi connectivity index (χ2v) is 7.84. The predicted molar refractivity (Wildman–Crippen MR) is 108 cm³/mol. The van der Waals surface area contributed by atoms with Crippen LogP contribution >= 0.6 is 11.5 Å². The Morgan fingerprint density at radius 2 is 2.10 bits per heavy atom. The summed E-state index contributed by atoms with van der Waals surface area (Å²) in [5.41, 5.74) is 11.0. The molecule has 2 heterocycles. The Morgan fingerprint density at radius 1 is 1.38 bits per heavy atom. The van der Waals surface area contributed by atoms with E-state index in [9.17, 15) is 14.4 Å². The molecule has 0 unspecified atom stereocenters. The van der Waals surface area contributed by atoms with Gasteiger partial charge < -0.3 is 26.1 Å². The molecule has 3 amide bonds. The van der Waals surface area contributed by atoms with Crippen LogP contribution in [-0.4, -0.2) is 39.1 Å². The van der Waals surface area contributed by atoms with Gasteiger partial charge in [0.2, 0.25) is 5.91 Å². The first-order valence-electron chi connectivity index (χ1n) is 9.61. The number of nitrogen functional groups attached to an aromatic ring is 1. The Labute approximate surface area is 172 Å². The molecule has 2 aromatic rings. The third-order valence-corrected chi connectivity index (χ3v) is 5.94. The van der Waals surface area contributed by atoms with Crippen molar-refractivity contribution >= 4 is 34.9 Å². The maximum absolute atomic E-state index is 13.3. The average molecular weight is 420 g/mol. The van der Waals surface area contributed by atoms with E-state index in [0.717, 1.165) is 37.2 Å². The normalized spacial score (nSPS) is 15.2. The fraction of sp³-hybridized carbons (Fsp3) is 0.474. The molecule has 9 nitrogen and oxygen atoms in total. The highest BCUT2D eigenvalue weighted by Gasteiger charge is 2.34. The van der Waals surface area contributed by atoms with Gasteiger partial charge in [-0.1, -0.05) is 19.8 Å². The first kappa shape index (κ1) is 20.8. The standard InChI is InChI=1S/C19H25N5O4S/c1-2-13(18(26)22-11-6-3-4-7-11)24(10-12-8-5-9-28-12)19(27)16-14(20)15(17(21)25)23-29-16/h5,8-9,11,13H,2-4,6-7,10,20H2,1H3,(H2,21,25)(H,22,26)/t13-/m1/s1. The van der Waals surface area contributed by atoms with Crippen LogP contribution in [-0.2, 0) is 11.3 Å². The van der Waals surface area contributed by atoms with Crippen molar-refractivity contribution in [2.75, 3.05) is 5.73 Å². The molecule has 2 aromatic heterocycles. The summed E-state index contributed by atoms with van der Waals surface area (Å²) in [6.45, 7) is 1.93. The van der Waals surface area contributed by atoms with Crippen LogP contribution in [0, 0.1) is 0 Å². The molecule has 1 fully saturated rings. The molecule has 10 heteroatoms. The Bertz CT molecular complexity index is 873. The van der Waals surface area contributed by atoms with Gasteiger partial charge >= 0.3 is 0 Å². The number of nitrogens with two attached hydrogens (primary N) is 2. The van der Waals surface area contributed by atoms with Gasteiger partial charge in [-0.25, -0.2) is 0 Å². The van der Waals surface area contributed by atoms with Gasteiger partial charge in [0.25, 0.3) is 11.8 Å².